The molecule has 44 heavy (non-hydrogen) atoms. The third kappa shape index (κ3) is 5.49. The number of benzene rings is 2. The van der Waals surface area contributed by atoms with Crippen molar-refractivity contribution in [3.05, 3.63) is 48.4 Å². The van der Waals surface area contributed by atoms with Crippen molar-refractivity contribution in [2.24, 2.45) is 5.92 Å². The van der Waals surface area contributed by atoms with Gasteiger partial charge in [0.1, 0.15) is 11.9 Å². The number of nitrogens with one attached hydrogen (secondary N) is 2. The highest BCUT2D eigenvalue weighted by Gasteiger charge is 2.53. The molecule has 12 heteroatoms. The Morgan fingerprint density at radius 2 is 1.70 bits per heavy atom. The number of nitrogens with zero attached hydrogens (tertiary/aromatic N) is 2. The molecule has 0 radical (unpaired) electrons. The number of amides is 2. The van der Waals surface area contributed by atoms with E-state index in [0.29, 0.717) is 25.5 Å². The Hall–Kier alpha value is -3.45. The summed E-state index contributed by atoms with van der Waals surface area (Å²) in [5.74, 6) is -0.689. The molecule has 1 spiro atoms. The number of likely N-dealkylation sites (tertiary alicyclic amines) is 1. The number of methoxy groups -OCH3 is 1. The van der Waals surface area contributed by atoms with Gasteiger partial charge in [-0.25, -0.2) is 9.78 Å². The van der Waals surface area contributed by atoms with Crippen LogP contribution in [0.25, 0.3) is 22.0 Å². The van der Waals surface area contributed by atoms with Crippen LogP contribution in [0, 0.1) is 5.92 Å². The standard InChI is InChI=1S/C32H41BN4O7/c1-19(2)26(36-29(39)40-7)28(38)37-18-32(41-12-13-42-32)16-25(37)27-34-17-24(35-27)22-9-8-21-15-23(11-10-20(21)14-22)33-43-30(3,4)31(5,6)44-33/h8-11,14-15,17,19,25-26H,12-13,16,18H2,1-7H3,(H,34,35)(H,36,39)/t25-,26-/m0/s1. The summed E-state index contributed by atoms with van der Waals surface area (Å²) in [5, 5.41) is 4.83. The minimum atomic E-state index is -0.905. The highest BCUT2D eigenvalue weighted by atomic mass is 16.7. The summed E-state index contributed by atoms with van der Waals surface area (Å²) in [6.45, 7) is 13.1. The molecule has 2 atom stereocenters. The van der Waals surface area contributed by atoms with Crippen LogP contribution in [-0.4, -0.2) is 83.9 Å². The van der Waals surface area contributed by atoms with Crippen molar-refractivity contribution < 1.29 is 33.1 Å². The van der Waals surface area contributed by atoms with Crippen LogP contribution in [-0.2, 0) is 28.3 Å². The highest BCUT2D eigenvalue weighted by molar-refractivity contribution is 6.62. The molecule has 3 aliphatic rings. The molecule has 3 aromatic rings. The normalized spacial score (nSPS) is 22.7. The van der Waals surface area contributed by atoms with E-state index in [9.17, 15) is 9.59 Å². The average molecular weight is 605 g/mol. The number of fused-ring (bicyclic) bond motifs is 1. The Morgan fingerprint density at radius 1 is 1.05 bits per heavy atom. The number of carbonyl (C=O) groups excluding carboxylic acids is 2. The lowest BCUT2D eigenvalue weighted by Gasteiger charge is -2.32. The molecule has 0 unspecified atom stereocenters. The maximum atomic E-state index is 13.9. The van der Waals surface area contributed by atoms with E-state index < -0.39 is 42.3 Å². The molecule has 3 saturated heterocycles. The molecule has 4 heterocycles. The zero-order chi connectivity index (χ0) is 31.4. The number of hydrogen-bond donors (Lipinski definition) is 2. The maximum Gasteiger partial charge on any atom is 0.494 e. The lowest BCUT2D eigenvalue weighted by Crippen LogP contribution is -2.52. The van der Waals surface area contributed by atoms with E-state index in [1.807, 2.05) is 26.0 Å². The SMILES string of the molecule is COC(=O)N[C@H](C(=O)N1CC2(C[C@H]1c1ncc(-c3ccc4cc(B5OC(C)(C)C(C)(C)O5)ccc4c3)[nH]1)OCCO2)C(C)C. The van der Waals surface area contributed by atoms with Crippen molar-refractivity contribution in [2.75, 3.05) is 26.9 Å². The number of hydrogen-bond acceptors (Lipinski definition) is 8. The number of alkyl carbamates (subject to hydrolysis) is 1. The van der Waals surface area contributed by atoms with E-state index in [0.717, 1.165) is 27.5 Å². The van der Waals surface area contributed by atoms with Crippen LogP contribution in [0.15, 0.2) is 42.6 Å². The summed E-state index contributed by atoms with van der Waals surface area (Å²) >= 11 is 0. The second kappa shape index (κ2) is 11.2. The van der Waals surface area contributed by atoms with Gasteiger partial charge in [-0.15, -0.1) is 0 Å². The number of ether oxygens (including phenoxy) is 3. The number of carbonyl (C=O) groups is 2. The number of aromatic amines is 1. The summed E-state index contributed by atoms with van der Waals surface area (Å²) in [6, 6.07) is 11.2. The topological polar surface area (TPSA) is 124 Å². The lowest BCUT2D eigenvalue weighted by atomic mass is 9.78. The molecule has 0 aliphatic carbocycles. The van der Waals surface area contributed by atoms with Gasteiger partial charge in [0, 0.05) is 12.0 Å². The summed E-state index contributed by atoms with van der Waals surface area (Å²) in [4.78, 5) is 35.8. The van der Waals surface area contributed by atoms with E-state index in [4.69, 9.17) is 28.5 Å². The first-order chi connectivity index (χ1) is 20.8. The Labute approximate surface area is 258 Å². The van der Waals surface area contributed by atoms with Crippen LogP contribution >= 0.6 is 0 Å². The minimum Gasteiger partial charge on any atom is -0.453 e. The van der Waals surface area contributed by atoms with Gasteiger partial charge < -0.3 is 38.7 Å². The minimum absolute atomic E-state index is 0.167. The van der Waals surface area contributed by atoms with Gasteiger partial charge >= 0.3 is 13.2 Å². The Morgan fingerprint density at radius 3 is 2.36 bits per heavy atom. The number of aromatic nitrogens is 2. The first-order valence-electron chi connectivity index (χ1n) is 15.2. The molecule has 6 rings (SSSR count). The van der Waals surface area contributed by atoms with Gasteiger partial charge in [0.25, 0.3) is 0 Å². The van der Waals surface area contributed by atoms with Gasteiger partial charge in [0.05, 0.1) is 56.0 Å². The van der Waals surface area contributed by atoms with Crippen LogP contribution in [0.4, 0.5) is 4.79 Å². The van der Waals surface area contributed by atoms with E-state index in [-0.39, 0.29) is 18.4 Å². The van der Waals surface area contributed by atoms with Crippen molar-refractivity contribution >= 4 is 35.4 Å². The molecule has 234 valence electrons. The van der Waals surface area contributed by atoms with Crippen LogP contribution in [0.5, 0.6) is 0 Å². The second-order valence-electron chi connectivity index (χ2n) is 13.2. The molecule has 2 aromatic carbocycles. The van der Waals surface area contributed by atoms with Crippen molar-refractivity contribution in [1.82, 2.24) is 20.2 Å². The molecular formula is C32H41BN4O7. The molecule has 3 fully saturated rings. The third-order valence-corrected chi connectivity index (χ3v) is 9.39. The predicted octanol–water partition coefficient (Wildman–Crippen LogP) is 3.93. The summed E-state index contributed by atoms with van der Waals surface area (Å²) < 4.78 is 29.3. The third-order valence-electron chi connectivity index (χ3n) is 9.39. The predicted molar refractivity (Wildman–Crippen MR) is 165 cm³/mol. The van der Waals surface area contributed by atoms with Crippen LogP contribution in [0.2, 0.25) is 0 Å². The van der Waals surface area contributed by atoms with Crippen LogP contribution in [0.3, 0.4) is 0 Å². The van der Waals surface area contributed by atoms with Crippen LogP contribution < -0.4 is 10.8 Å². The fourth-order valence-corrected chi connectivity index (χ4v) is 6.11. The van der Waals surface area contributed by atoms with E-state index in [2.05, 4.69) is 62.3 Å². The van der Waals surface area contributed by atoms with Crippen LogP contribution in [0.1, 0.15) is 59.8 Å². The zero-order valence-corrected chi connectivity index (χ0v) is 26.4. The van der Waals surface area contributed by atoms with Gasteiger partial charge in [0.2, 0.25) is 5.91 Å². The Balaban J connectivity index is 1.26. The van der Waals surface area contributed by atoms with Crippen molar-refractivity contribution in [3.8, 4) is 11.3 Å². The highest BCUT2D eigenvalue weighted by Crippen LogP contribution is 2.43. The average Bonchev–Trinajstić information content (AvgIpc) is 3.77. The summed E-state index contributed by atoms with van der Waals surface area (Å²) in [6.07, 6.45) is 1.55. The zero-order valence-electron chi connectivity index (χ0n) is 26.4. The number of H-pyrrole nitrogens is 1. The lowest BCUT2D eigenvalue weighted by molar-refractivity contribution is -0.153. The quantitative estimate of drug-likeness (QED) is 0.406. The maximum absolute atomic E-state index is 13.9. The first-order valence-corrected chi connectivity index (χ1v) is 15.2. The number of imidazole rings is 1. The van der Waals surface area contributed by atoms with E-state index in [1.165, 1.54) is 7.11 Å². The van der Waals surface area contributed by atoms with Crippen molar-refractivity contribution in [3.63, 3.8) is 0 Å². The van der Waals surface area contributed by atoms with Gasteiger partial charge in [-0.05, 0) is 55.9 Å². The fraction of sp³-hybridized carbons (Fsp3) is 0.531. The van der Waals surface area contributed by atoms with Crippen molar-refractivity contribution in [2.45, 2.75) is 77.0 Å². The smallest absolute Gasteiger partial charge is 0.453 e. The first kappa shape index (κ1) is 30.6. The molecule has 1 aromatic heterocycles. The molecular weight excluding hydrogens is 563 g/mol. The fourth-order valence-electron chi connectivity index (χ4n) is 6.11. The summed E-state index contributed by atoms with van der Waals surface area (Å²) in [7, 11) is 0.853. The summed E-state index contributed by atoms with van der Waals surface area (Å²) in [5.41, 5.74) is 1.96. The molecule has 0 bridgehead atoms. The van der Waals surface area contributed by atoms with Gasteiger partial charge in [-0.1, -0.05) is 44.2 Å². The van der Waals surface area contributed by atoms with E-state index >= 15 is 0 Å². The largest absolute Gasteiger partial charge is 0.494 e. The molecule has 0 saturated carbocycles. The molecule has 11 nitrogen and oxygen atoms in total. The van der Waals surface area contributed by atoms with Gasteiger partial charge in [-0.2, -0.15) is 0 Å². The Bertz CT molecular complexity index is 1550. The second-order valence-corrected chi connectivity index (χ2v) is 13.2. The van der Waals surface area contributed by atoms with Crippen molar-refractivity contribution in [1.29, 1.82) is 0 Å². The molecule has 2 N–H and O–H groups in total. The van der Waals surface area contributed by atoms with E-state index in [1.54, 1.807) is 11.1 Å². The van der Waals surface area contributed by atoms with Gasteiger partial charge in [0.15, 0.2) is 5.79 Å². The Kier molecular flexibility index (Phi) is 7.76. The monoisotopic (exact) mass is 604 g/mol. The number of rotatable bonds is 6. The molecule has 3 aliphatic heterocycles. The molecule has 2 amide bonds. The van der Waals surface area contributed by atoms with Gasteiger partial charge in [-0.3, -0.25) is 4.79 Å².